The van der Waals surface area contributed by atoms with Crippen molar-refractivity contribution < 1.29 is 19.2 Å². The van der Waals surface area contributed by atoms with Crippen molar-refractivity contribution in [2.75, 3.05) is 6.54 Å². The van der Waals surface area contributed by atoms with Gasteiger partial charge in [-0.05, 0) is 18.1 Å². The van der Waals surface area contributed by atoms with Crippen molar-refractivity contribution in [2.45, 2.75) is 19.0 Å². The van der Waals surface area contributed by atoms with E-state index in [4.69, 9.17) is 5.11 Å². The van der Waals surface area contributed by atoms with Gasteiger partial charge in [0.15, 0.2) is 0 Å². The van der Waals surface area contributed by atoms with Gasteiger partial charge in [-0.1, -0.05) is 6.07 Å². The first-order chi connectivity index (χ1) is 8.49. The quantitative estimate of drug-likeness (QED) is 0.648. The molecule has 1 aromatic carbocycles. The Morgan fingerprint density at radius 3 is 2.78 bits per heavy atom. The highest BCUT2D eigenvalue weighted by molar-refractivity contribution is 5.74. The highest BCUT2D eigenvalue weighted by Crippen LogP contribution is 2.23. The molecule has 1 aliphatic rings. The van der Waals surface area contributed by atoms with E-state index in [2.05, 4.69) is 0 Å². The Morgan fingerprint density at radius 1 is 1.61 bits per heavy atom. The van der Waals surface area contributed by atoms with Gasteiger partial charge in [0.25, 0.3) is 0 Å². The standard InChI is InChI=1S/C11H11FN2O4/c12-8-5-7(1-2-9(8)14(17)18)6-13-4-3-10(13)11(15)16/h1-2,5,10H,3-4,6H2,(H,15,16). The highest BCUT2D eigenvalue weighted by atomic mass is 19.1. The predicted molar refractivity (Wildman–Crippen MR) is 59.5 cm³/mol. The number of benzene rings is 1. The van der Waals surface area contributed by atoms with Crippen LogP contribution in [0, 0.1) is 15.9 Å². The molecule has 0 aliphatic carbocycles. The number of hydrogen-bond donors (Lipinski definition) is 1. The lowest BCUT2D eigenvalue weighted by atomic mass is 10.0. The topological polar surface area (TPSA) is 83.7 Å². The lowest BCUT2D eigenvalue weighted by Gasteiger charge is -2.37. The molecule has 0 aromatic heterocycles. The molecule has 7 heteroatoms. The number of carbonyl (C=O) groups is 1. The van der Waals surface area contributed by atoms with Crippen LogP contribution in [0.1, 0.15) is 12.0 Å². The largest absolute Gasteiger partial charge is 0.480 e. The monoisotopic (exact) mass is 254 g/mol. The number of nitro groups is 1. The molecule has 1 unspecified atom stereocenters. The predicted octanol–water partition coefficient (Wildman–Crippen LogP) is 1.39. The van der Waals surface area contributed by atoms with Crippen molar-refractivity contribution in [3.05, 3.63) is 39.7 Å². The minimum atomic E-state index is -0.899. The number of rotatable bonds is 4. The van der Waals surface area contributed by atoms with Crippen LogP contribution < -0.4 is 0 Å². The summed E-state index contributed by atoms with van der Waals surface area (Å²) in [6, 6.07) is 3.08. The van der Waals surface area contributed by atoms with Crippen molar-refractivity contribution in [3.8, 4) is 0 Å². The number of likely N-dealkylation sites (tertiary alicyclic amines) is 1. The van der Waals surface area contributed by atoms with Gasteiger partial charge in [-0.15, -0.1) is 0 Å². The molecule has 6 nitrogen and oxygen atoms in total. The van der Waals surface area contributed by atoms with Crippen molar-refractivity contribution in [2.24, 2.45) is 0 Å². The number of carboxylic acid groups (broad SMARTS) is 1. The molecule has 1 heterocycles. The third-order valence-electron chi connectivity index (χ3n) is 3.01. The maximum atomic E-state index is 13.4. The van der Waals surface area contributed by atoms with Gasteiger partial charge in [0.2, 0.25) is 5.82 Å². The first kappa shape index (κ1) is 12.4. The van der Waals surface area contributed by atoms with Crippen LogP contribution in [-0.4, -0.2) is 33.5 Å². The van der Waals surface area contributed by atoms with E-state index in [-0.39, 0.29) is 6.54 Å². The molecule has 0 spiro atoms. The number of halogens is 1. The summed E-state index contributed by atoms with van der Waals surface area (Å²) in [6.45, 7) is 0.918. The fourth-order valence-electron chi connectivity index (χ4n) is 1.94. The van der Waals surface area contributed by atoms with E-state index < -0.39 is 28.4 Å². The van der Waals surface area contributed by atoms with E-state index in [9.17, 15) is 19.3 Å². The fraction of sp³-hybridized carbons (Fsp3) is 0.364. The minimum Gasteiger partial charge on any atom is -0.480 e. The van der Waals surface area contributed by atoms with Gasteiger partial charge in [0.1, 0.15) is 6.04 Å². The first-order valence-corrected chi connectivity index (χ1v) is 5.38. The number of carboxylic acids is 1. The molecular formula is C11H11FN2O4. The Labute approximate surface area is 102 Å². The van der Waals surface area contributed by atoms with Crippen LogP contribution in [-0.2, 0) is 11.3 Å². The Kier molecular flexibility index (Phi) is 3.24. The normalized spacial score (nSPS) is 19.3. The Bertz CT molecular complexity index is 506. The summed E-state index contributed by atoms with van der Waals surface area (Å²) in [7, 11) is 0. The van der Waals surface area contributed by atoms with E-state index in [1.54, 1.807) is 4.90 Å². The SMILES string of the molecule is O=C(O)C1CCN1Cc1ccc([N+](=O)[O-])c(F)c1. The minimum absolute atomic E-state index is 0.284. The second-order valence-corrected chi connectivity index (χ2v) is 4.16. The van der Waals surface area contributed by atoms with Crippen LogP contribution in [0.5, 0.6) is 0 Å². The molecule has 1 atom stereocenters. The lowest BCUT2D eigenvalue weighted by Crippen LogP contribution is -2.51. The van der Waals surface area contributed by atoms with Crippen LogP contribution in [0.25, 0.3) is 0 Å². The van der Waals surface area contributed by atoms with Gasteiger partial charge in [0, 0.05) is 19.2 Å². The summed E-state index contributed by atoms with van der Waals surface area (Å²) in [6.07, 6.45) is 0.574. The van der Waals surface area contributed by atoms with Crippen molar-refractivity contribution >= 4 is 11.7 Å². The molecule has 1 fully saturated rings. The summed E-state index contributed by atoms with van der Waals surface area (Å²) in [4.78, 5) is 22.1. The molecule has 0 amide bonds. The van der Waals surface area contributed by atoms with E-state index in [1.165, 1.54) is 6.07 Å². The smallest absolute Gasteiger partial charge is 0.320 e. The summed E-state index contributed by atoms with van der Waals surface area (Å²) in [5.74, 6) is -1.80. The summed E-state index contributed by atoms with van der Waals surface area (Å²) in [5.41, 5.74) is -0.0406. The maximum Gasteiger partial charge on any atom is 0.320 e. The summed E-state index contributed by atoms with van der Waals surface area (Å²) in [5, 5.41) is 19.3. The van der Waals surface area contributed by atoms with E-state index >= 15 is 0 Å². The van der Waals surface area contributed by atoms with Crippen LogP contribution in [0.3, 0.4) is 0 Å². The van der Waals surface area contributed by atoms with Crippen molar-refractivity contribution in [1.82, 2.24) is 4.90 Å². The van der Waals surface area contributed by atoms with Crippen molar-refractivity contribution in [1.29, 1.82) is 0 Å². The zero-order chi connectivity index (χ0) is 13.3. The molecule has 0 saturated carbocycles. The van der Waals surface area contributed by atoms with Crippen LogP contribution in [0.2, 0.25) is 0 Å². The zero-order valence-corrected chi connectivity index (χ0v) is 9.38. The number of aliphatic carboxylic acids is 1. The highest BCUT2D eigenvalue weighted by Gasteiger charge is 2.33. The average Bonchev–Trinajstić information content (AvgIpc) is 2.23. The summed E-state index contributed by atoms with van der Waals surface area (Å²) < 4.78 is 13.4. The third-order valence-corrected chi connectivity index (χ3v) is 3.01. The first-order valence-electron chi connectivity index (χ1n) is 5.38. The average molecular weight is 254 g/mol. The summed E-state index contributed by atoms with van der Waals surface area (Å²) >= 11 is 0. The van der Waals surface area contributed by atoms with Gasteiger partial charge in [0.05, 0.1) is 4.92 Å². The number of hydrogen-bond acceptors (Lipinski definition) is 4. The van der Waals surface area contributed by atoms with E-state index in [0.29, 0.717) is 18.5 Å². The Balaban J connectivity index is 2.09. The van der Waals surface area contributed by atoms with Gasteiger partial charge in [-0.25, -0.2) is 0 Å². The molecule has 18 heavy (non-hydrogen) atoms. The molecule has 2 rings (SSSR count). The second-order valence-electron chi connectivity index (χ2n) is 4.16. The number of nitro benzene ring substituents is 1. The van der Waals surface area contributed by atoms with Crippen molar-refractivity contribution in [3.63, 3.8) is 0 Å². The molecule has 0 radical (unpaired) electrons. The van der Waals surface area contributed by atoms with E-state index in [0.717, 1.165) is 12.1 Å². The van der Waals surface area contributed by atoms with E-state index in [1.807, 2.05) is 0 Å². The molecular weight excluding hydrogens is 243 g/mol. The van der Waals surface area contributed by atoms with Gasteiger partial charge >= 0.3 is 11.7 Å². The molecule has 1 N–H and O–H groups in total. The molecule has 1 aromatic rings. The molecule has 0 bridgehead atoms. The van der Waals surface area contributed by atoms with Gasteiger partial charge < -0.3 is 5.11 Å². The van der Waals surface area contributed by atoms with Crippen LogP contribution in [0.15, 0.2) is 18.2 Å². The lowest BCUT2D eigenvalue weighted by molar-refractivity contribution is -0.387. The zero-order valence-electron chi connectivity index (χ0n) is 9.38. The van der Waals surface area contributed by atoms with Crippen LogP contribution in [0.4, 0.5) is 10.1 Å². The fourth-order valence-corrected chi connectivity index (χ4v) is 1.94. The second kappa shape index (κ2) is 4.69. The Hall–Kier alpha value is -2.02. The molecule has 1 saturated heterocycles. The third kappa shape index (κ3) is 2.30. The van der Waals surface area contributed by atoms with Gasteiger partial charge in [-0.2, -0.15) is 4.39 Å². The number of nitrogens with zero attached hydrogens (tertiary/aromatic N) is 2. The van der Waals surface area contributed by atoms with Gasteiger partial charge in [-0.3, -0.25) is 19.8 Å². The Morgan fingerprint density at radius 2 is 2.33 bits per heavy atom. The molecule has 1 aliphatic heterocycles. The van der Waals surface area contributed by atoms with Crippen LogP contribution >= 0.6 is 0 Å². The molecule has 96 valence electrons. The maximum absolute atomic E-state index is 13.4.